The minimum Gasteiger partial charge on any atom is -0.311 e. The third kappa shape index (κ3) is 3.43. The van der Waals surface area contributed by atoms with E-state index in [1.54, 1.807) is 16.8 Å². The predicted molar refractivity (Wildman–Crippen MR) is 121 cm³/mol. The molecule has 0 saturated carbocycles. The van der Waals surface area contributed by atoms with Gasteiger partial charge in [0.15, 0.2) is 11.3 Å². The number of thiophene rings is 1. The summed E-state index contributed by atoms with van der Waals surface area (Å²) in [4.78, 5) is 18.5. The number of carbonyl (C=O) groups is 1. The quantitative estimate of drug-likeness (QED) is 0.450. The van der Waals surface area contributed by atoms with E-state index in [0.29, 0.717) is 16.2 Å². The van der Waals surface area contributed by atoms with E-state index in [4.69, 9.17) is 0 Å². The van der Waals surface area contributed by atoms with Crippen molar-refractivity contribution in [3.8, 4) is 17.5 Å². The molecule has 10 heteroatoms. The van der Waals surface area contributed by atoms with Gasteiger partial charge < -0.3 is 5.32 Å². The molecule has 4 heterocycles. The van der Waals surface area contributed by atoms with Crippen LogP contribution < -0.4 is 5.32 Å². The van der Waals surface area contributed by atoms with Gasteiger partial charge >= 0.3 is 0 Å². The molecule has 0 spiro atoms. The molecule has 0 saturated heterocycles. The van der Waals surface area contributed by atoms with E-state index in [1.165, 1.54) is 16.2 Å². The van der Waals surface area contributed by atoms with Gasteiger partial charge in [0, 0.05) is 29.9 Å². The van der Waals surface area contributed by atoms with Crippen LogP contribution in [0.4, 0.5) is 5.00 Å². The number of aryl methyl sites for hydroxylation is 2. The molecule has 1 aliphatic rings. The first kappa shape index (κ1) is 19.9. The van der Waals surface area contributed by atoms with Gasteiger partial charge in [0.05, 0.1) is 15.7 Å². The molecule has 0 radical (unpaired) electrons. The van der Waals surface area contributed by atoms with Crippen molar-refractivity contribution in [3.05, 3.63) is 50.7 Å². The predicted octanol–water partition coefficient (Wildman–Crippen LogP) is 4.44. The first-order chi connectivity index (χ1) is 15.1. The van der Waals surface area contributed by atoms with Crippen molar-refractivity contribution in [2.24, 2.45) is 0 Å². The summed E-state index contributed by atoms with van der Waals surface area (Å²) in [5, 5.41) is 22.2. The van der Waals surface area contributed by atoms with Gasteiger partial charge in [0.25, 0.3) is 5.91 Å². The fraction of sp³-hybridized carbons (Fsp3) is 0.286. The Labute approximate surface area is 190 Å². The van der Waals surface area contributed by atoms with Gasteiger partial charge in [-0.2, -0.15) is 15.5 Å². The number of rotatable bonds is 4. The van der Waals surface area contributed by atoms with Crippen molar-refractivity contribution < 1.29 is 4.79 Å². The zero-order valence-electron chi connectivity index (χ0n) is 16.7. The third-order valence-electron chi connectivity index (χ3n) is 5.38. The summed E-state index contributed by atoms with van der Waals surface area (Å²) in [6.07, 6.45) is 7.64. The average molecular weight is 496 g/mol. The van der Waals surface area contributed by atoms with Crippen molar-refractivity contribution >= 4 is 43.8 Å². The van der Waals surface area contributed by atoms with Crippen molar-refractivity contribution in [2.75, 3.05) is 5.32 Å². The molecule has 4 aromatic heterocycles. The normalized spacial score (nSPS) is 13.2. The van der Waals surface area contributed by atoms with E-state index in [0.717, 1.165) is 53.7 Å². The van der Waals surface area contributed by atoms with E-state index < -0.39 is 0 Å². The first-order valence-electron chi connectivity index (χ1n) is 10.0. The summed E-state index contributed by atoms with van der Waals surface area (Å²) >= 11 is 5.05. The molecule has 1 amide bonds. The Kier molecular flexibility index (Phi) is 5.08. The van der Waals surface area contributed by atoms with Gasteiger partial charge in [0.2, 0.25) is 0 Å². The van der Waals surface area contributed by atoms with Crippen molar-refractivity contribution in [1.29, 1.82) is 5.26 Å². The Morgan fingerprint density at radius 1 is 1.35 bits per heavy atom. The van der Waals surface area contributed by atoms with Crippen LogP contribution in [0, 0.1) is 11.3 Å². The molecule has 31 heavy (non-hydrogen) atoms. The Morgan fingerprint density at radius 2 is 2.19 bits per heavy atom. The standard InChI is InChI=1S/C21H18BrN7OS/c1-2-28-11-14(22)19(27-28)16-7-8-24-18-9-15(26-29(16)18)20(30)25-21-13(10-23)12-5-3-4-6-17(12)31-21/h7-9,11H,2-6H2,1H3,(H,25,30). The highest BCUT2D eigenvalue weighted by Crippen LogP contribution is 2.37. The largest absolute Gasteiger partial charge is 0.311 e. The fourth-order valence-corrected chi connectivity index (χ4v) is 5.61. The van der Waals surface area contributed by atoms with E-state index in [-0.39, 0.29) is 11.6 Å². The molecule has 5 rings (SSSR count). The summed E-state index contributed by atoms with van der Waals surface area (Å²) in [7, 11) is 0. The molecule has 156 valence electrons. The summed E-state index contributed by atoms with van der Waals surface area (Å²) < 4.78 is 4.28. The summed E-state index contributed by atoms with van der Waals surface area (Å²) in [5.41, 5.74) is 3.91. The summed E-state index contributed by atoms with van der Waals surface area (Å²) in [6.45, 7) is 2.76. The second kappa shape index (κ2) is 7.90. The first-order valence-corrected chi connectivity index (χ1v) is 11.6. The second-order valence-electron chi connectivity index (χ2n) is 7.29. The molecule has 0 atom stereocenters. The molecule has 8 nitrogen and oxygen atoms in total. The Morgan fingerprint density at radius 3 is 2.97 bits per heavy atom. The Balaban J connectivity index is 1.50. The van der Waals surface area contributed by atoms with Crippen LogP contribution in [0.15, 0.2) is 29.0 Å². The van der Waals surface area contributed by atoms with Crippen LogP contribution in [-0.2, 0) is 19.4 Å². The lowest BCUT2D eigenvalue weighted by atomic mass is 9.96. The van der Waals surface area contributed by atoms with Gasteiger partial charge in [-0.3, -0.25) is 9.48 Å². The molecular weight excluding hydrogens is 478 g/mol. The average Bonchev–Trinajstić information content (AvgIpc) is 3.47. The SMILES string of the molecule is CCn1cc(Br)c(-c2ccnc3cc(C(=O)Nc4sc5c(c4C#N)CCCC5)nn23)n1. The maximum absolute atomic E-state index is 13.0. The number of nitrogens with zero attached hydrogens (tertiary/aromatic N) is 6. The monoisotopic (exact) mass is 495 g/mol. The van der Waals surface area contributed by atoms with Crippen LogP contribution in [0.5, 0.6) is 0 Å². The number of nitrogens with one attached hydrogen (secondary N) is 1. The van der Waals surface area contributed by atoms with Crippen molar-refractivity contribution in [3.63, 3.8) is 0 Å². The minimum atomic E-state index is -0.357. The van der Waals surface area contributed by atoms with E-state index in [2.05, 4.69) is 42.5 Å². The maximum atomic E-state index is 13.0. The smallest absolute Gasteiger partial charge is 0.276 e. The van der Waals surface area contributed by atoms with Crippen molar-refractivity contribution in [2.45, 2.75) is 39.2 Å². The molecule has 1 aliphatic carbocycles. The van der Waals surface area contributed by atoms with Gasteiger partial charge in [-0.25, -0.2) is 9.50 Å². The molecule has 1 N–H and O–H groups in total. The van der Waals surface area contributed by atoms with Crippen LogP contribution in [0.1, 0.15) is 46.3 Å². The number of carbonyl (C=O) groups excluding carboxylic acids is 1. The zero-order valence-corrected chi connectivity index (χ0v) is 19.1. The molecule has 0 bridgehead atoms. The number of amides is 1. The Bertz CT molecular complexity index is 1360. The number of nitriles is 1. The topological polar surface area (TPSA) is 101 Å². The molecule has 0 fully saturated rings. The van der Waals surface area contributed by atoms with Crippen LogP contribution in [-0.4, -0.2) is 30.3 Å². The summed E-state index contributed by atoms with van der Waals surface area (Å²) in [5.74, 6) is -0.357. The van der Waals surface area contributed by atoms with Gasteiger partial charge in [0.1, 0.15) is 16.8 Å². The van der Waals surface area contributed by atoms with Crippen LogP contribution >= 0.6 is 27.3 Å². The summed E-state index contributed by atoms with van der Waals surface area (Å²) in [6, 6.07) is 5.73. The maximum Gasteiger partial charge on any atom is 0.276 e. The second-order valence-corrected chi connectivity index (χ2v) is 9.25. The number of aromatic nitrogens is 5. The number of halogens is 1. The lowest BCUT2D eigenvalue weighted by molar-refractivity contribution is 0.102. The van der Waals surface area contributed by atoms with E-state index >= 15 is 0 Å². The highest BCUT2D eigenvalue weighted by atomic mass is 79.9. The van der Waals surface area contributed by atoms with Gasteiger partial charge in [-0.15, -0.1) is 11.3 Å². The number of anilines is 1. The van der Waals surface area contributed by atoms with Crippen LogP contribution in [0.3, 0.4) is 0 Å². The molecule has 0 aromatic carbocycles. The Hall–Kier alpha value is -3.03. The third-order valence-corrected chi connectivity index (χ3v) is 7.17. The minimum absolute atomic E-state index is 0.237. The highest BCUT2D eigenvalue weighted by Gasteiger charge is 2.23. The number of hydrogen-bond acceptors (Lipinski definition) is 6. The van der Waals surface area contributed by atoms with E-state index in [1.807, 2.05) is 23.9 Å². The zero-order chi connectivity index (χ0) is 21.5. The highest BCUT2D eigenvalue weighted by molar-refractivity contribution is 9.10. The van der Waals surface area contributed by atoms with Crippen LogP contribution in [0.25, 0.3) is 17.0 Å². The van der Waals surface area contributed by atoms with Crippen molar-refractivity contribution in [1.82, 2.24) is 24.4 Å². The lowest BCUT2D eigenvalue weighted by Crippen LogP contribution is -2.13. The fourth-order valence-electron chi connectivity index (χ4n) is 3.86. The number of fused-ring (bicyclic) bond motifs is 2. The molecular formula is C21H18BrN7OS. The molecule has 0 aliphatic heterocycles. The van der Waals surface area contributed by atoms with Gasteiger partial charge in [-0.1, -0.05) is 0 Å². The van der Waals surface area contributed by atoms with Crippen LogP contribution in [0.2, 0.25) is 0 Å². The van der Waals surface area contributed by atoms with Gasteiger partial charge in [-0.05, 0) is 60.2 Å². The van der Waals surface area contributed by atoms with E-state index in [9.17, 15) is 10.1 Å². The molecule has 4 aromatic rings. The number of hydrogen-bond donors (Lipinski definition) is 1. The molecule has 0 unspecified atom stereocenters. The lowest BCUT2D eigenvalue weighted by Gasteiger charge is -2.09.